The van der Waals surface area contributed by atoms with E-state index in [2.05, 4.69) is 20.5 Å². The Balaban J connectivity index is 1.98. The lowest BCUT2D eigenvalue weighted by Crippen LogP contribution is -2.14. The molecule has 3 aromatic rings. The molecular formula is C16H14N4O3. The Bertz CT molecular complexity index is 958. The number of hydrogen-bond acceptors (Lipinski definition) is 7. The Kier molecular flexibility index (Phi) is 3.76. The van der Waals surface area contributed by atoms with Crippen LogP contribution in [0.5, 0.6) is 5.75 Å². The van der Waals surface area contributed by atoms with Gasteiger partial charge in [-0.3, -0.25) is 5.43 Å². The summed E-state index contributed by atoms with van der Waals surface area (Å²) in [5, 5.41) is 14.8. The molecular weight excluding hydrogens is 296 g/mol. The molecule has 0 saturated carbocycles. The van der Waals surface area contributed by atoms with E-state index >= 15 is 0 Å². The van der Waals surface area contributed by atoms with Crippen molar-refractivity contribution in [1.29, 1.82) is 0 Å². The average molecular weight is 310 g/mol. The van der Waals surface area contributed by atoms with Gasteiger partial charge in [-0.1, -0.05) is 12.1 Å². The van der Waals surface area contributed by atoms with E-state index in [1.807, 2.05) is 24.3 Å². The Morgan fingerprint density at radius 1 is 1.30 bits per heavy atom. The molecule has 0 aliphatic carbocycles. The maximum Gasteiger partial charge on any atom is 0.348 e. The fourth-order valence-corrected chi connectivity index (χ4v) is 2.22. The summed E-state index contributed by atoms with van der Waals surface area (Å²) in [5.74, 6) is 0.666. The maximum atomic E-state index is 11.9. The highest BCUT2D eigenvalue weighted by Crippen LogP contribution is 2.19. The summed E-state index contributed by atoms with van der Waals surface area (Å²) < 4.78 is 4.98. The third-order valence-electron chi connectivity index (χ3n) is 3.29. The summed E-state index contributed by atoms with van der Waals surface area (Å²) in [4.78, 5) is 20.2. The van der Waals surface area contributed by atoms with Gasteiger partial charge in [0, 0.05) is 11.5 Å². The van der Waals surface area contributed by atoms with Gasteiger partial charge in [-0.2, -0.15) is 5.10 Å². The van der Waals surface area contributed by atoms with Crippen LogP contribution in [0.2, 0.25) is 0 Å². The average Bonchev–Trinajstić information content (AvgIpc) is 2.52. The monoisotopic (exact) mass is 310 g/mol. The fourth-order valence-electron chi connectivity index (χ4n) is 2.22. The number of rotatable bonds is 3. The summed E-state index contributed by atoms with van der Waals surface area (Å²) in [5.41, 5.74) is 3.24. The van der Waals surface area contributed by atoms with E-state index in [1.165, 1.54) is 12.4 Å². The van der Waals surface area contributed by atoms with Crippen molar-refractivity contribution in [3.05, 3.63) is 58.4 Å². The lowest BCUT2D eigenvalue weighted by atomic mass is 10.2. The molecule has 2 heterocycles. The van der Waals surface area contributed by atoms with Crippen molar-refractivity contribution in [3.8, 4) is 5.75 Å². The SMILES string of the molecule is C/C(=N\Nc1ncnc2ccccc12)c1c(O)cc(C)oc1=O. The molecule has 3 rings (SSSR count). The van der Waals surface area contributed by atoms with E-state index in [4.69, 9.17) is 4.42 Å². The van der Waals surface area contributed by atoms with Crippen LogP contribution in [-0.4, -0.2) is 20.8 Å². The van der Waals surface area contributed by atoms with Crippen molar-refractivity contribution in [2.75, 3.05) is 5.43 Å². The van der Waals surface area contributed by atoms with Crippen LogP contribution in [0.3, 0.4) is 0 Å². The van der Waals surface area contributed by atoms with E-state index in [0.29, 0.717) is 17.3 Å². The van der Waals surface area contributed by atoms with Crippen LogP contribution in [0, 0.1) is 6.92 Å². The molecule has 0 saturated heterocycles. The van der Waals surface area contributed by atoms with Crippen LogP contribution in [0.25, 0.3) is 10.9 Å². The van der Waals surface area contributed by atoms with E-state index in [0.717, 1.165) is 10.9 Å². The number of nitrogens with one attached hydrogen (secondary N) is 1. The third kappa shape index (κ3) is 2.89. The van der Waals surface area contributed by atoms with Gasteiger partial charge in [-0.05, 0) is 26.0 Å². The molecule has 7 heteroatoms. The lowest BCUT2D eigenvalue weighted by molar-refractivity contribution is 0.432. The summed E-state index contributed by atoms with van der Waals surface area (Å²) in [6, 6.07) is 8.84. The summed E-state index contributed by atoms with van der Waals surface area (Å²) in [6.45, 7) is 3.18. The Morgan fingerprint density at radius 3 is 2.87 bits per heavy atom. The predicted molar refractivity (Wildman–Crippen MR) is 86.8 cm³/mol. The molecule has 0 radical (unpaired) electrons. The van der Waals surface area contributed by atoms with Gasteiger partial charge in [0.15, 0.2) is 5.82 Å². The first-order valence-corrected chi connectivity index (χ1v) is 6.90. The van der Waals surface area contributed by atoms with Crippen LogP contribution in [0.1, 0.15) is 18.2 Å². The highest BCUT2D eigenvalue weighted by molar-refractivity contribution is 6.01. The van der Waals surface area contributed by atoms with Gasteiger partial charge >= 0.3 is 5.63 Å². The van der Waals surface area contributed by atoms with E-state index < -0.39 is 5.63 Å². The molecule has 1 aromatic carbocycles. The zero-order valence-electron chi connectivity index (χ0n) is 12.6. The molecule has 2 aromatic heterocycles. The van der Waals surface area contributed by atoms with Crippen molar-refractivity contribution in [2.24, 2.45) is 5.10 Å². The highest BCUT2D eigenvalue weighted by atomic mass is 16.4. The number of fused-ring (bicyclic) bond motifs is 1. The molecule has 0 bridgehead atoms. The normalized spacial score (nSPS) is 11.7. The first-order chi connectivity index (χ1) is 11.1. The second-order valence-electron chi connectivity index (χ2n) is 4.95. The second-order valence-corrected chi connectivity index (χ2v) is 4.95. The summed E-state index contributed by atoms with van der Waals surface area (Å²) >= 11 is 0. The largest absolute Gasteiger partial charge is 0.507 e. The van der Waals surface area contributed by atoms with Crippen LogP contribution >= 0.6 is 0 Å². The highest BCUT2D eigenvalue weighted by Gasteiger charge is 2.13. The summed E-state index contributed by atoms with van der Waals surface area (Å²) in [7, 11) is 0. The fraction of sp³-hybridized carbons (Fsp3) is 0.125. The minimum atomic E-state index is -0.641. The van der Waals surface area contributed by atoms with Gasteiger partial charge in [0.2, 0.25) is 0 Å². The Morgan fingerprint density at radius 2 is 2.09 bits per heavy atom. The number of hydrazone groups is 1. The molecule has 0 spiro atoms. The third-order valence-corrected chi connectivity index (χ3v) is 3.29. The van der Waals surface area contributed by atoms with E-state index in [-0.39, 0.29) is 11.3 Å². The van der Waals surface area contributed by atoms with Crippen LogP contribution in [0.15, 0.2) is 51.0 Å². The number of aryl methyl sites for hydroxylation is 1. The first kappa shape index (κ1) is 14.7. The number of nitrogens with zero attached hydrogens (tertiary/aromatic N) is 3. The van der Waals surface area contributed by atoms with Gasteiger partial charge < -0.3 is 9.52 Å². The van der Waals surface area contributed by atoms with Crippen LogP contribution < -0.4 is 11.1 Å². The molecule has 0 aliphatic rings. The molecule has 2 N–H and O–H groups in total. The van der Waals surface area contributed by atoms with E-state index in [9.17, 15) is 9.90 Å². The zero-order valence-corrected chi connectivity index (χ0v) is 12.6. The molecule has 116 valence electrons. The van der Waals surface area contributed by atoms with Gasteiger partial charge in [0.05, 0.1) is 11.2 Å². The van der Waals surface area contributed by atoms with Crippen molar-refractivity contribution >= 4 is 22.4 Å². The van der Waals surface area contributed by atoms with Crippen LogP contribution in [-0.2, 0) is 0 Å². The smallest absolute Gasteiger partial charge is 0.348 e. The molecule has 7 nitrogen and oxygen atoms in total. The van der Waals surface area contributed by atoms with Gasteiger partial charge in [-0.15, -0.1) is 0 Å². The Hall–Kier alpha value is -3.22. The first-order valence-electron chi connectivity index (χ1n) is 6.90. The number of aromatic hydroxyl groups is 1. The number of benzene rings is 1. The number of hydrogen-bond donors (Lipinski definition) is 2. The van der Waals surface area contributed by atoms with Crippen LogP contribution in [0.4, 0.5) is 5.82 Å². The molecule has 0 aliphatic heterocycles. The molecule has 0 atom stereocenters. The lowest BCUT2D eigenvalue weighted by Gasteiger charge is -2.06. The maximum absolute atomic E-state index is 11.9. The minimum Gasteiger partial charge on any atom is -0.507 e. The van der Waals surface area contributed by atoms with Crippen molar-refractivity contribution < 1.29 is 9.52 Å². The zero-order chi connectivity index (χ0) is 16.4. The van der Waals surface area contributed by atoms with Gasteiger partial charge in [-0.25, -0.2) is 14.8 Å². The molecule has 0 unspecified atom stereocenters. The quantitative estimate of drug-likeness (QED) is 0.569. The number of para-hydroxylation sites is 1. The minimum absolute atomic E-state index is 0.0152. The summed E-state index contributed by atoms with van der Waals surface area (Å²) in [6.07, 6.45) is 1.42. The van der Waals surface area contributed by atoms with Gasteiger partial charge in [0.1, 0.15) is 23.4 Å². The van der Waals surface area contributed by atoms with Gasteiger partial charge in [0.25, 0.3) is 0 Å². The standard InChI is InChI=1S/C16H14N4O3/c1-9-7-13(21)14(16(22)23-9)10(2)19-20-15-11-5-3-4-6-12(11)17-8-18-15/h3-8,21H,1-2H3,(H,17,18,20)/b19-10+. The van der Waals surface area contributed by atoms with E-state index in [1.54, 1.807) is 13.8 Å². The van der Waals surface area contributed by atoms with Crippen molar-refractivity contribution in [1.82, 2.24) is 9.97 Å². The molecule has 0 amide bonds. The molecule has 23 heavy (non-hydrogen) atoms. The second kappa shape index (κ2) is 5.88. The predicted octanol–water partition coefficient (Wildman–Crippen LogP) is 2.43. The topological polar surface area (TPSA) is 101 Å². The van der Waals surface area contributed by atoms with Crippen molar-refractivity contribution in [3.63, 3.8) is 0 Å². The Labute approximate surface area is 131 Å². The number of anilines is 1. The molecule has 0 fully saturated rings. The van der Waals surface area contributed by atoms with Crippen molar-refractivity contribution in [2.45, 2.75) is 13.8 Å². The number of aromatic nitrogens is 2.